The van der Waals surface area contributed by atoms with E-state index < -0.39 is 0 Å². The van der Waals surface area contributed by atoms with E-state index in [1.807, 2.05) is 0 Å². The molecule has 0 unspecified atom stereocenters. The summed E-state index contributed by atoms with van der Waals surface area (Å²) in [5.41, 5.74) is 0. The second-order valence-corrected chi connectivity index (χ2v) is 5.88. The van der Waals surface area contributed by atoms with Gasteiger partial charge >= 0.3 is 11.3 Å². The second kappa shape index (κ2) is 8.14. The number of carbonyl (C=O) groups excluding carboxylic acids is 2. The van der Waals surface area contributed by atoms with Gasteiger partial charge < -0.3 is 10.2 Å². The van der Waals surface area contributed by atoms with E-state index in [1.165, 1.54) is 11.3 Å². The van der Waals surface area contributed by atoms with Gasteiger partial charge in [-0.3, -0.25) is 9.69 Å². The van der Waals surface area contributed by atoms with Gasteiger partial charge in [-0.2, -0.15) is 4.99 Å². The van der Waals surface area contributed by atoms with Crippen LogP contribution in [0.5, 0.6) is 0 Å². The van der Waals surface area contributed by atoms with Crippen molar-refractivity contribution in [2.45, 2.75) is 38.1 Å². The van der Waals surface area contributed by atoms with Gasteiger partial charge in [-0.05, 0) is 19.1 Å². The van der Waals surface area contributed by atoms with Crippen LogP contribution in [0.4, 0.5) is 9.59 Å². The number of urea groups is 1. The molecule has 0 saturated heterocycles. The molecular weight excluding hydrogens is 276 g/mol. The average molecular weight is 300 g/mol. The fourth-order valence-electron chi connectivity index (χ4n) is 2.21. The third-order valence-corrected chi connectivity index (χ3v) is 3.74. The molecule has 7 heteroatoms. The molecule has 3 amide bonds. The lowest BCUT2D eigenvalue weighted by molar-refractivity contribution is 0.215. The van der Waals surface area contributed by atoms with Crippen molar-refractivity contribution >= 4 is 29.0 Å². The normalized spacial score (nSPS) is 16.7. The van der Waals surface area contributed by atoms with E-state index in [4.69, 9.17) is 0 Å². The van der Waals surface area contributed by atoms with Crippen molar-refractivity contribution < 1.29 is 9.59 Å². The number of thioether (sulfide) groups is 1. The molecule has 114 valence electrons. The smallest absolute Gasteiger partial charge is 0.324 e. The molecule has 0 radical (unpaired) electrons. The van der Waals surface area contributed by atoms with Crippen LogP contribution in [0, 0.1) is 0 Å². The first-order chi connectivity index (χ1) is 9.45. The molecule has 1 saturated carbocycles. The van der Waals surface area contributed by atoms with Crippen LogP contribution in [0.25, 0.3) is 0 Å². The minimum atomic E-state index is -0.314. The fraction of sp³-hybridized carbons (Fsp3) is 0.769. The van der Waals surface area contributed by atoms with Crippen LogP contribution in [0.2, 0.25) is 0 Å². The number of amides is 3. The molecule has 0 atom stereocenters. The van der Waals surface area contributed by atoms with Crippen molar-refractivity contribution in [3.8, 4) is 0 Å². The molecule has 0 aromatic rings. The molecule has 20 heavy (non-hydrogen) atoms. The zero-order valence-corrected chi connectivity index (χ0v) is 13.5. The second-order valence-electron chi connectivity index (χ2n) is 5.12. The van der Waals surface area contributed by atoms with Gasteiger partial charge in [-0.25, -0.2) is 4.79 Å². The quantitative estimate of drug-likeness (QED) is 0.596. The Morgan fingerprint density at radius 3 is 2.25 bits per heavy atom. The summed E-state index contributed by atoms with van der Waals surface area (Å²) in [6, 6.07) is 0.0246. The average Bonchev–Trinajstić information content (AvgIpc) is 2.44. The Balaban J connectivity index is 2.68. The summed E-state index contributed by atoms with van der Waals surface area (Å²) in [6.45, 7) is 0. The lowest BCUT2D eigenvalue weighted by Gasteiger charge is -2.28. The maximum Gasteiger partial charge on any atom is 0.324 e. The molecule has 1 aliphatic carbocycles. The summed E-state index contributed by atoms with van der Waals surface area (Å²) in [5, 5.41) is 2.69. The molecule has 1 fully saturated rings. The number of aliphatic imine (C=N–C) groups is 1. The minimum Gasteiger partial charge on any atom is -0.348 e. The molecule has 0 heterocycles. The van der Waals surface area contributed by atoms with Crippen LogP contribution < -0.4 is 5.32 Å². The van der Waals surface area contributed by atoms with Crippen molar-refractivity contribution in [2.75, 3.05) is 27.4 Å². The largest absolute Gasteiger partial charge is 0.348 e. The van der Waals surface area contributed by atoms with E-state index in [0.717, 1.165) is 37.4 Å². The molecule has 0 aromatic heterocycles. The summed E-state index contributed by atoms with van der Waals surface area (Å²) in [5.74, 6) is 0.345. The summed E-state index contributed by atoms with van der Waals surface area (Å²) in [4.78, 5) is 30.6. The molecule has 6 nitrogen and oxygen atoms in total. The summed E-state index contributed by atoms with van der Waals surface area (Å²) < 4.78 is 0. The van der Waals surface area contributed by atoms with Crippen molar-refractivity contribution in [2.24, 2.45) is 4.99 Å². The van der Waals surface area contributed by atoms with E-state index >= 15 is 0 Å². The first kappa shape index (κ1) is 16.8. The van der Waals surface area contributed by atoms with Gasteiger partial charge in [0.05, 0.1) is 0 Å². The third kappa shape index (κ3) is 5.03. The molecule has 1 rings (SSSR count). The molecular formula is C13H24N4O2S. The Bertz CT molecular complexity index is 379. The van der Waals surface area contributed by atoms with E-state index in [2.05, 4.69) is 10.3 Å². The summed E-state index contributed by atoms with van der Waals surface area (Å²) >= 11 is 1.02. The van der Waals surface area contributed by atoms with Crippen LogP contribution in [-0.2, 0) is 0 Å². The molecule has 0 bridgehead atoms. The van der Waals surface area contributed by atoms with Gasteiger partial charge in [-0.15, -0.1) is 0 Å². The van der Waals surface area contributed by atoms with Crippen molar-refractivity contribution in [3.63, 3.8) is 0 Å². The number of nitrogens with one attached hydrogen (secondary N) is 1. The Kier molecular flexibility index (Phi) is 6.84. The van der Waals surface area contributed by atoms with E-state index in [9.17, 15) is 9.59 Å². The third-order valence-electron chi connectivity index (χ3n) is 3.30. The number of guanidine groups is 1. The van der Waals surface area contributed by atoms with Gasteiger partial charge in [0.2, 0.25) is 5.96 Å². The minimum absolute atomic E-state index is 0.210. The zero-order chi connectivity index (χ0) is 15.1. The van der Waals surface area contributed by atoms with Crippen LogP contribution >= 0.6 is 11.8 Å². The lowest BCUT2D eigenvalue weighted by Crippen LogP contribution is -2.50. The van der Waals surface area contributed by atoms with E-state index in [1.54, 1.807) is 32.3 Å². The monoisotopic (exact) mass is 300 g/mol. The first-order valence-electron chi connectivity index (χ1n) is 6.84. The Morgan fingerprint density at radius 1 is 1.15 bits per heavy atom. The number of rotatable bonds is 1. The number of nitrogens with zero attached hydrogens (tertiary/aromatic N) is 3. The van der Waals surface area contributed by atoms with Crippen LogP contribution in [0.15, 0.2) is 4.99 Å². The first-order valence-corrected chi connectivity index (χ1v) is 8.06. The maximum atomic E-state index is 12.2. The Morgan fingerprint density at radius 2 is 1.75 bits per heavy atom. The van der Waals surface area contributed by atoms with Gasteiger partial charge in [-0.1, -0.05) is 31.0 Å². The van der Waals surface area contributed by atoms with Crippen LogP contribution in [-0.4, -0.2) is 60.5 Å². The van der Waals surface area contributed by atoms with Crippen LogP contribution in [0.1, 0.15) is 32.1 Å². The molecule has 0 aliphatic heterocycles. The maximum absolute atomic E-state index is 12.2. The van der Waals surface area contributed by atoms with Crippen molar-refractivity contribution in [1.29, 1.82) is 0 Å². The highest BCUT2D eigenvalue weighted by atomic mass is 32.2. The topological polar surface area (TPSA) is 65.0 Å². The number of hydrogen-bond acceptors (Lipinski definition) is 3. The summed E-state index contributed by atoms with van der Waals surface area (Å²) in [6.07, 6.45) is 7.29. The molecule has 0 aromatic carbocycles. The van der Waals surface area contributed by atoms with Crippen molar-refractivity contribution in [1.82, 2.24) is 15.1 Å². The number of hydrogen-bond donors (Lipinski definition) is 1. The molecule has 0 spiro atoms. The van der Waals surface area contributed by atoms with E-state index in [0.29, 0.717) is 5.96 Å². The summed E-state index contributed by atoms with van der Waals surface area (Å²) in [7, 11) is 5.15. The van der Waals surface area contributed by atoms with Gasteiger partial charge in [0.1, 0.15) is 0 Å². The highest BCUT2D eigenvalue weighted by Gasteiger charge is 2.22. The Labute approximate surface area is 125 Å². The SMILES string of the molecule is CSC(=O)N=C(N(C)C)N(C)C(=O)NC1CCCCC1. The van der Waals surface area contributed by atoms with Gasteiger partial charge in [0.25, 0.3) is 0 Å². The standard InChI is InChI=1S/C13H24N4O2S/c1-16(2)11(15-13(19)20-4)17(3)12(18)14-10-8-6-5-7-9-10/h10H,5-9H2,1-4H3,(H,14,18). The Hall–Kier alpha value is -1.24. The van der Waals surface area contributed by atoms with E-state index in [-0.39, 0.29) is 17.3 Å². The predicted molar refractivity (Wildman–Crippen MR) is 83.2 cm³/mol. The molecule has 1 N–H and O–H groups in total. The van der Waals surface area contributed by atoms with Gasteiger partial charge in [0.15, 0.2) is 0 Å². The zero-order valence-electron chi connectivity index (χ0n) is 12.7. The highest BCUT2D eigenvalue weighted by Crippen LogP contribution is 2.17. The van der Waals surface area contributed by atoms with Crippen LogP contribution in [0.3, 0.4) is 0 Å². The fourth-order valence-corrected chi connectivity index (χ4v) is 2.38. The molecule has 1 aliphatic rings. The van der Waals surface area contributed by atoms with Gasteiger partial charge in [0, 0.05) is 27.2 Å². The highest BCUT2D eigenvalue weighted by molar-refractivity contribution is 8.13. The predicted octanol–water partition coefficient (Wildman–Crippen LogP) is 2.36. The van der Waals surface area contributed by atoms with Crippen molar-refractivity contribution in [3.05, 3.63) is 0 Å². The lowest BCUT2D eigenvalue weighted by atomic mass is 9.96. The number of carbonyl (C=O) groups is 2.